The van der Waals surface area contributed by atoms with Gasteiger partial charge in [-0.15, -0.1) is 11.3 Å². The maximum absolute atomic E-state index is 12.3. The van der Waals surface area contributed by atoms with Gasteiger partial charge in [0, 0.05) is 17.7 Å². The smallest absolute Gasteiger partial charge is 0.224 e. The lowest BCUT2D eigenvalue weighted by Gasteiger charge is -2.17. The Morgan fingerprint density at radius 1 is 1.21 bits per heavy atom. The van der Waals surface area contributed by atoms with Gasteiger partial charge in [0.05, 0.1) is 8.66 Å². The zero-order valence-corrected chi connectivity index (χ0v) is 12.3. The van der Waals surface area contributed by atoms with Crippen molar-refractivity contribution in [3.8, 4) is 0 Å². The number of hydrogen-bond donors (Lipinski definition) is 1. The molecule has 0 atom stereocenters. The highest BCUT2D eigenvalue weighted by molar-refractivity contribution is 9.11. The quantitative estimate of drug-likeness (QED) is 0.852. The van der Waals surface area contributed by atoms with Gasteiger partial charge >= 0.3 is 0 Å². The van der Waals surface area contributed by atoms with E-state index >= 15 is 0 Å². The molecule has 0 unspecified atom stereocenters. The number of benzene rings is 1. The van der Waals surface area contributed by atoms with Gasteiger partial charge in [0.15, 0.2) is 0 Å². The van der Waals surface area contributed by atoms with Gasteiger partial charge in [-0.25, -0.2) is 0 Å². The number of ketones is 1. The third kappa shape index (κ3) is 2.48. The minimum atomic E-state index is 0.0235. The molecule has 3 nitrogen and oxygen atoms in total. The standard InChI is InChI=1S/C14H10BrNO2S/c15-12-5-4-11(19-12)14(18)9-1-3-10-8(7-9)2-6-13(17)16-10/h1,3-5,7H,2,6H2,(H,16,17). The number of amides is 1. The molecule has 2 heterocycles. The van der Waals surface area contributed by atoms with Crippen LogP contribution in [0.3, 0.4) is 0 Å². The predicted octanol–water partition coefficient (Wildman–Crippen LogP) is 3.63. The van der Waals surface area contributed by atoms with E-state index in [4.69, 9.17) is 0 Å². The molecule has 96 valence electrons. The van der Waals surface area contributed by atoms with Gasteiger partial charge in [-0.2, -0.15) is 0 Å². The van der Waals surface area contributed by atoms with Gasteiger partial charge in [0.2, 0.25) is 11.7 Å². The highest BCUT2D eigenvalue weighted by atomic mass is 79.9. The summed E-state index contributed by atoms with van der Waals surface area (Å²) in [6, 6.07) is 9.14. The van der Waals surface area contributed by atoms with Crippen molar-refractivity contribution >= 4 is 44.6 Å². The van der Waals surface area contributed by atoms with E-state index in [-0.39, 0.29) is 11.7 Å². The molecule has 0 radical (unpaired) electrons. The van der Waals surface area contributed by atoms with Crippen molar-refractivity contribution < 1.29 is 9.59 Å². The second-order valence-corrected chi connectivity index (χ2v) is 6.82. The summed E-state index contributed by atoms with van der Waals surface area (Å²) in [6.45, 7) is 0. The lowest BCUT2D eigenvalue weighted by molar-refractivity contribution is -0.116. The molecule has 1 aliphatic rings. The number of aryl methyl sites for hydroxylation is 1. The molecule has 0 fully saturated rings. The molecule has 0 saturated heterocycles. The molecule has 1 amide bonds. The van der Waals surface area contributed by atoms with Gasteiger partial charge < -0.3 is 5.32 Å². The summed E-state index contributed by atoms with van der Waals surface area (Å²) in [7, 11) is 0. The lowest BCUT2D eigenvalue weighted by Crippen LogP contribution is -2.19. The third-order valence-corrected chi connectivity index (χ3v) is 4.68. The number of carbonyl (C=O) groups is 2. The molecule has 2 aromatic rings. The van der Waals surface area contributed by atoms with Crippen LogP contribution in [0.15, 0.2) is 34.1 Å². The summed E-state index contributed by atoms with van der Waals surface area (Å²) in [5.74, 6) is 0.0594. The number of fused-ring (bicyclic) bond motifs is 1. The zero-order chi connectivity index (χ0) is 13.4. The topological polar surface area (TPSA) is 46.2 Å². The molecule has 5 heteroatoms. The van der Waals surface area contributed by atoms with E-state index in [1.54, 1.807) is 6.07 Å². The number of nitrogens with one attached hydrogen (secondary N) is 1. The van der Waals surface area contributed by atoms with Gasteiger partial charge in [0.25, 0.3) is 0 Å². The fourth-order valence-electron chi connectivity index (χ4n) is 2.10. The Morgan fingerprint density at radius 3 is 2.79 bits per heavy atom. The number of halogens is 1. The normalized spacial score (nSPS) is 13.8. The first-order valence-electron chi connectivity index (χ1n) is 5.86. The van der Waals surface area contributed by atoms with Crippen molar-refractivity contribution in [1.29, 1.82) is 0 Å². The molecule has 0 spiro atoms. The SMILES string of the molecule is O=C1CCc2cc(C(=O)c3ccc(Br)s3)ccc2N1. The lowest BCUT2D eigenvalue weighted by atomic mass is 9.98. The van der Waals surface area contributed by atoms with E-state index in [0.29, 0.717) is 23.3 Å². The van der Waals surface area contributed by atoms with E-state index < -0.39 is 0 Å². The van der Waals surface area contributed by atoms with Crippen LogP contribution < -0.4 is 5.32 Å². The number of hydrogen-bond acceptors (Lipinski definition) is 3. The van der Waals surface area contributed by atoms with E-state index in [1.807, 2.05) is 24.3 Å². The monoisotopic (exact) mass is 335 g/mol. The highest BCUT2D eigenvalue weighted by Crippen LogP contribution is 2.27. The van der Waals surface area contributed by atoms with Crippen LogP contribution in [0.4, 0.5) is 5.69 Å². The van der Waals surface area contributed by atoms with Crippen LogP contribution in [0.1, 0.15) is 27.2 Å². The average Bonchev–Trinajstić information content (AvgIpc) is 2.84. The molecule has 0 aliphatic carbocycles. The van der Waals surface area contributed by atoms with Crippen LogP contribution in [0, 0.1) is 0 Å². The molecular weight excluding hydrogens is 326 g/mol. The summed E-state index contributed by atoms with van der Waals surface area (Å²) in [5.41, 5.74) is 2.52. The first-order chi connectivity index (χ1) is 9.13. The molecule has 3 rings (SSSR count). The van der Waals surface area contributed by atoms with Crippen LogP contribution in [-0.2, 0) is 11.2 Å². The summed E-state index contributed by atoms with van der Waals surface area (Å²) < 4.78 is 0.945. The van der Waals surface area contributed by atoms with Gasteiger partial charge in [-0.05, 0) is 58.2 Å². The van der Waals surface area contributed by atoms with Gasteiger partial charge in [-0.3, -0.25) is 9.59 Å². The molecule has 1 aromatic heterocycles. The average molecular weight is 336 g/mol. The highest BCUT2D eigenvalue weighted by Gasteiger charge is 2.18. The van der Waals surface area contributed by atoms with Crippen LogP contribution in [0.5, 0.6) is 0 Å². The molecule has 0 bridgehead atoms. The summed E-state index contributed by atoms with van der Waals surface area (Å²) in [5, 5.41) is 2.81. The summed E-state index contributed by atoms with van der Waals surface area (Å²) in [4.78, 5) is 24.3. The zero-order valence-electron chi connectivity index (χ0n) is 9.90. The van der Waals surface area contributed by atoms with E-state index in [0.717, 1.165) is 15.0 Å². The molecule has 1 N–H and O–H groups in total. The molecule has 19 heavy (non-hydrogen) atoms. The molecule has 1 aliphatic heterocycles. The summed E-state index contributed by atoms with van der Waals surface area (Å²) >= 11 is 4.78. The Kier molecular flexibility index (Phi) is 3.24. The fraction of sp³-hybridized carbons (Fsp3) is 0.143. The maximum atomic E-state index is 12.3. The second kappa shape index (κ2) is 4.90. The molecule has 0 saturated carbocycles. The fourth-order valence-corrected chi connectivity index (χ4v) is 3.45. The molecular formula is C14H10BrNO2S. The van der Waals surface area contributed by atoms with Crippen molar-refractivity contribution in [2.24, 2.45) is 0 Å². The minimum Gasteiger partial charge on any atom is -0.326 e. The van der Waals surface area contributed by atoms with Crippen LogP contribution in [-0.4, -0.2) is 11.7 Å². The Bertz CT molecular complexity index is 678. The Hall–Kier alpha value is -1.46. The largest absolute Gasteiger partial charge is 0.326 e. The maximum Gasteiger partial charge on any atom is 0.224 e. The van der Waals surface area contributed by atoms with Crippen LogP contribution >= 0.6 is 27.3 Å². The number of carbonyl (C=O) groups excluding carboxylic acids is 2. The number of anilines is 1. The van der Waals surface area contributed by atoms with Crippen molar-refractivity contribution in [3.05, 3.63) is 50.1 Å². The van der Waals surface area contributed by atoms with E-state index in [9.17, 15) is 9.59 Å². The number of thiophene rings is 1. The Labute approximate surface area is 122 Å². The van der Waals surface area contributed by atoms with E-state index in [1.165, 1.54) is 11.3 Å². The Morgan fingerprint density at radius 2 is 2.05 bits per heavy atom. The predicted molar refractivity (Wildman–Crippen MR) is 78.8 cm³/mol. The van der Waals surface area contributed by atoms with Gasteiger partial charge in [-0.1, -0.05) is 0 Å². The first-order valence-corrected chi connectivity index (χ1v) is 7.47. The minimum absolute atomic E-state index is 0.0235. The van der Waals surface area contributed by atoms with Crippen LogP contribution in [0.25, 0.3) is 0 Å². The first kappa shape index (κ1) is 12.6. The third-order valence-electron chi connectivity index (χ3n) is 3.06. The van der Waals surface area contributed by atoms with Crippen LogP contribution in [0.2, 0.25) is 0 Å². The van der Waals surface area contributed by atoms with Gasteiger partial charge in [0.1, 0.15) is 0 Å². The van der Waals surface area contributed by atoms with Crippen molar-refractivity contribution in [3.63, 3.8) is 0 Å². The van der Waals surface area contributed by atoms with Crippen molar-refractivity contribution in [2.45, 2.75) is 12.8 Å². The van der Waals surface area contributed by atoms with Crippen molar-refractivity contribution in [2.75, 3.05) is 5.32 Å². The summed E-state index contributed by atoms with van der Waals surface area (Å²) in [6.07, 6.45) is 1.17. The van der Waals surface area contributed by atoms with Crippen molar-refractivity contribution in [1.82, 2.24) is 0 Å². The van der Waals surface area contributed by atoms with E-state index in [2.05, 4.69) is 21.2 Å². The number of rotatable bonds is 2. The Balaban J connectivity index is 1.94. The second-order valence-electron chi connectivity index (χ2n) is 4.35. The molecule has 1 aromatic carbocycles.